The molecule has 26 heavy (non-hydrogen) atoms. The second-order valence-electron chi connectivity index (χ2n) is 5.32. The Bertz CT molecular complexity index is 602. The van der Waals surface area contributed by atoms with Crippen LogP contribution in [0.15, 0.2) is 30.3 Å². The lowest BCUT2D eigenvalue weighted by Crippen LogP contribution is -2.17. The monoisotopic (exact) mass is 390 g/mol. The van der Waals surface area contributed by atoms with Gasteiger partial charge in [0.1, 0.15) is 12.7 Å². The lowest BCUT2D eigenvalue weighted by molar-refractivity contribution is -0.146. The average molecular weight is 390 g/mol. The third-order valence-electron chi connectivity index (χ3n) is 3.05. The van der Waals surface area contributed by atoms with Gasteiger partial charge in [0, 0.05) is 6.92 Å². The molecule has 0 saturated heterocycles. The van der Waals surface area contributed by atoms with Crippen molar-refractivity contribution >= 4 is 16.1 Å². The first-order valence-electron chi connectivity index (χ1n) is 8.18. The van der Waals surface area contributed by atoms with Crippen molar-refractivity contribution in [1.29, 1.82) is 0 Å². The third kappa shape index (κ3) is 11.9. The van der Waals surface area contributed by atoms with Crippen LogP contribution in [0.3, 0.4) is 0 Å². The van der Waals surface area contributed by atoms with Crippen LogP contribution in [0.2, 0.25) is 0 Å². The van der Waals surface area contributed by atoms with Crippen molar-refractivity contribution in [3.63, 3.8) is 0 Å². The molecule has 9 heteroatoms. The molecule has 0 aliphatic carbocycles. The molecule has 0 aliphatic heterocycles. The molecule has 1 rings (SSSR count). The van der Waals surface area contributed by atoms with Crippen molar-refractivity contribution < 1.29 is 36.3 Å². The van der Waals surface area contributed by atoms with Crippen molar-refractivity contribution in [2.75, 3.05) is 52.5 Å². The van der Waals surface area contributed by atoms with Gasteiger partial charge in [-0.3, -0.25) is 8.98 Å². The van der Waals surface area contributed by atoms with Crippen LogP contribution in [0.25, 0.3) is 0 Å². The van der Waals surface area contributed by atoms with Crippen molar-refractivity contribution in [2.24, 2.45) is 0 Å². The maximum Gasteiger partial charge on any atom is 0.302 e. The van der Waals surface area contributed by atoms with Gasteiger partial charge < -0.3 is 18.9 Å². The van der Waals surface area contributed by atoms with E-state index in [0.29, 0.717) is 26.4 Å². The Morgan fingerprint density at radius 1 is 0.962 bits per heavy atom. The Hall–Kier alpha value is -1.52. The highest BCUT2D eigenvalue weighted by atomic mass is 32.2. The van der Waals surface area contributed by atoms with E-state index >= 15 is 0 Å². The van der Waals surface area contributed by atoms with Crippen molar-refractivity contribution in [2.45, 2.75) is 13.0 Å². The molecule has 0 bridgehead atoms. The predicted molar refractivity (Wildman–Crippen MR) is 94.2 cm³/mol. The van der Waals surface area contributed by atoms with E-state index in [2.05, 4.69) is 4.18 Å². The number of hydrogen-bond donors (Lipinski definition) is 0. The highest BCUT2D eigenvalue weighted by molar-refractivity contribution is 7.85. The molecule has 1 unspecified atom stereocenters. The van der Waals surface area contributed by atoms with E-state index in [9.17, 15) is 13.2 Å². The second kappa shape index (κ2) is 12.8. The number of hydrogen-bond acceptors (Lipinski definition) is 8. The Morgan fingerprint density at radius 2 is 1.54 bits per heavy atom. The molecule has 0 fully saturated rings. The minimum absolute atomic E-state index is 0.0170. The van der Waals surface area contributed by atoms with Gasteiger partial charge >= 0.3 is 5.97 Å². The van der Waals surface area contributed by atoms with Gasteiger partial charge in [-0.15, -0.1) is 0 Å². The Kier molecular flexibility index (Phi) is 11.1. The highest BCUT2D eigenvalue weighted by Gasteiger charge is 2.13. The van der Waals surface area contributed by atoms with Crippen molar-refractivity contribution in [1.82, 2.24) is 0 Å². The number of ether oxygens (including phenoxy) is 4. The molecule has 0 spiro atoms. The fourth-order valence-corrected chi connectivity index (χ4v) is 2.29. The molecule has 0 aromatic heterocycles. The standard InChI is InChI=1S/C17H26O8S/c1-15(18)24-14-17(16-6-4-3-5-7-16)23-12-10-21-8-9-22-11-13-25-26(2,19)20/h3-7,17H,8-14H2,1-2H3. The number of benzene rings is 1. The van der Waals surface area contributed by atoms with E-state index in [-0.39, 0.29) is 31.9 Å². The third-order valence-corrected chi connectivity index (χ3v) is 3.65. The summed E-state index contributed by atoms with van der Waals surface area (Å²) >= 11 is 0. The summed E-state index contributed by atoms with van der Waals surface area (Å²) in [7, 11) is -3.43. The van der Waals surface area contributed by atoms with Crippen LogP contribution >= 0.6 is 0 Å². The lowest BCUT2D eigenvalue weighted by Gasteiger charge is -2.18. The van der Waals surface area contributed by atoms with E-state index in [4.69, 9.17) is 18.9 Å². The van der Waals surface area contributed by atoms with Crippen LogP contribution in [0.4, 0.5) is 0 Å². The number of carbonyl (C=O) groups is 1. The van der Waals surface area contributed by atoms with Crippen molar-refractivity contribution in [3.8, 4) is 0 Å². The summed E-state index contributed by atoms with van der Waals surface area (Å²) in [5.41, 5.74) is 0.919. The van der Waals surface area contributed by atoms with E-state index in [1.807, 2.05) is 30.3 Å². The largest absolute Gasteiger partial charge is 0.463 e. The number of rotatable bonds is 14. The molecule has 1 atom stereocenters. The maximum absolute atomic E-state index is 11.0. The van der Waals surface area contributed by atoms with Gasteiger partial charge in [-0.05, 0) is 5.56 Å². The lowest BCUT2D eigenvalue weighted by atomic mass is 10.1. The minimum atomic E-state index is -3.43. The van der Waals surface area contributed by atoms with Crippen LogP contribution in [0.5, 0.6) is 0 Å². The first-order valence-corrected chi connectivity index (χ1v) is 10.00. The van der Waals surface area contributed by atoms with Gasteiger partial charge in [0.2, 0.25) is 0 Å². The summed E-state index contributed by atoms with van der Waals surface area (Å²) in [6.07, 6.45) is 0.633. The molecule has 0 heterocycles. The molecule has 0 saturated carbocycles. The van der Waals surface area contributed by atoms with E-state index in [1.165, 1.54) is 6.92 Å². The maximum atomic E-state index is 11.0. The topological polar surface area (TPSA) is 97.4 Å². The summed E-state index contributed by atoms with van der Waals surface area (Å²) < 4.78 is 47.3. The normalized spacial score (nSPS) is 12.7. The molecule has 0 amide bonds. The quantitative estimate of drug-likeness (QED) is 0.266. The summed E-state index contributed by atoms with van der Waals surface area (Å²) in [5, 5.41) is 0. The molecule has 148 valence electrons. The molecular formula is C17H26O8S. The smallest absolute Gasteiger partial charge is 0.302 e. The molecule has 0 N–H and O–H groups in total. The summed E-state index contributed by atoms with van der Waals surface area (Å²) in [5.74, 6) is -0.359. The second-order valence-corrected chi connectivity index (χ2v) is 6.97. The van der Waals surface area contributed by atoms with Gasteiger partial charge in [0.15, 0.2) is 0 Å². The molecule has 0 aliphatic rings. The van der Waals surface area contributed by atoms with Crippen LogP contribution in [0, 0.1) is 0 Å². The Balaban J connectivity index is 2.14. The zero-order valence-corrected chi connectivity index (χ0v) is 15.9. The number of carbonyl (C=O) groups excluding carboxylic acids is 1. The fourth-order valence-electron chi connectivity index (χ4n) is 1.92. The molecule has 1 aromatic rings. The van der Waals surface area contributed by atoms with Crippen LogP contribution in [-0.2, 0) is 38.0 Å². The van der Waals surface area contributed by atoms with E-state index < -0.39 is 10.1 Å². The first-order chi connectivity index (χ1) is 12.4. The molecule has 0 radical (unpaired) electrons. The minimum Gasteiger partial charge on any atom is -0.463 e. The van der Waals surface area contributed by atoms with Crippen LogP contribution < -0.4 is 0 Å². The predicted octanol–water partition coefficient (Wildman–Crippen LogP) is 1.32. The molecular weight excluding hydrogens is 364 g/mol. The Labute approximate surface area is 154 Å². The van der Waals surface area contributed by atoms with Crippen molar-refractivity contribution in [3.05, 3.63) is 35.9 Å². The number of esters is 1. The summed E-state index contributed by atoms with van der Waals surface area (Å²) in [6.45, 7) is 3.01. The Morgan fingerprint density at radius 3 is 2.12 bits per heavy atom. The van der Waals surface area contributed by atoms with Gasteiger partial charge in [-0.25, -0.2) is 0 Å². The molecule has 8 nitrogen and oxygen atoms in total. The zero-order chi connectivity index (χ0) is 19.3. The van der Waals surface area contributed by atoms with E-state index in [0.717, 1.165) is 11.8 Å². The van der Waals surface area contributed by atoms with E-state index in [1.54, 1.807) is 0 Å². The van der Waals surface area contributed by atoms with Gasteiger partial charge in [-0.2, -0.15) is 8.42 Å². The average Bonchev–Trinajstić information content (AvgIpc) is 2.58. The van der Waals surface area contributed by atoms with Gasteiger partial charge in [-0.1, -0.05) is 30.3 Å². The highest BCUT2D eigenvalue weighted by Crippen LogP contribution is 2.17. The van der Waals surface area contributed by atoms with Gasteiger partial charge in [0.25, 0.3) is 10.1 Å². The summed E-state index contributed by atoms with van der Waals surface area (Å²) in [4.78, 5) is 11.0. The van der Waals surface area contributed by atoms with Crippen LogP contribution in [-0.4, -0.2) is 66.9 Å². The summed E-state index contributed by atoms with van der Waals surface area (Å²) in [6, 6.07) is 9.49. The fraction of sp³-hybridized carbons (Fsp3) is 0.588. The van der Waals surface area contributed by atoms with Gasteiger partial charge in [0.05, 0.1) is 45.9 Å². The molecule has 1 aromatic carbocycles. The zero-order valence-electron chi connectivity index (χ0n) is 15.1. The first kappa shape index (κ1) is 22.5. The SMILES string of the molecule is CC(=O)OCC(OCCOCCOCCOS(C)(=O)=O)c1ccccc1. The van der Waals surface area contributed by atoms with Crippen LogP contribution in [0.1, 0.15) is 18.6 Å².